The lowest BCUT2D eigenvalue weighted by Crippen LogP contribution is -2.54. The SMILES string of the molecule is CC(CC(=O)O)NC(=O)[C@H](Cc1ccccc1)NC(Cc1ccccc1)C(=O)O. The van der Waals surface area contributed by atoms with Crippen molar-refractivity contribution in [3.63, 3.8) is 0 Å². The van der Waals surface area contributed by atoms with Crippen LogP contribution < -0.4 is 10.6 Å². The molecule has 2 rings (SSSR count). The van der Waals surface area contributed by atoms with Crippen LogP contribution in [0.25, 0.3) is 0 Å². The van der Waals surface area contributed by atoms with Gasteiger partial charge >= 0.3 is 11.9 Å². The zero-order valence-electron chi connectivity index (χ0n) is 16.2. The molecular formula is C22H26N2O5. The molecule has 0 bridgehead atoms. The van der Waals surface area contributed by atoms with Gasteiger partial charge in [0.2, 0.25) is 5.91 Å². The van der Waals surface area contributed by atoms with Gasteiger partial charge in [-0.2, -0.15) is 0 Å². The van der Waals surface area contributed by atoms with Crippen molar-refractivity contribution in [3.05, 3.63) is 71.8 Å². The molecule has 154 valence electrons. The fraction of sp³-hybridized carbons (Fsp3) is 0.318. The van der Waals surface area contributed by atoms with Gasteiger partial charge in [-0.3, -0.25) is 19.7 Å². The van der Waals surface area contributed by atoms with Crippen molar-refractivity contribution in [3.8, 4) is 0 Å². The van der Waals surface area contributed by atoms with Crippen molar-refractivity contribution >= 4 is 17.8 Å². The third-order valence-corrected chi connectivity index (χ3v) is 4.45. The molecule has 0 aliphatic carbocycles. The average Bonchev–Trinajstić information content (AvgIpc) is 2.67. The molecule has 2 unspecified atom stereocenters. The lowest BCUT2D eigenvalue weighted by Gasteiger charge is -2.24. The number of rotatable bonds is 11. The number of nitrogens with one attached hydrogen (secondary N) is 2. The molecule has 3 atom stereocenters. The van der Waals surface area contributed by atoms with Crippen LogP contribution >= 0.6 is 0 Å². The van der Waals surface area contributed by atoms with Crippen molar-refractivity contribution in [1.29, 1.82) is 0 Å². The Labute approximate surface area is 169 Å². The van der Waals surface area contributed by atoms with Crippen molar-refractivity contribution < 1.29 is 24.6 Å². The van der Waals surface area contributed by atoms with Crippen LogP contribution in [0.1, 0.15) is 24.5 Å². The Hall–Kier alpha value is -3.19. The predicted molar refractivity (Wildman–Crippen MR) is 108 cm³/mol. The van der Waals surface area contributed by atoms with E-state index in [1.165, 1.54) is 0 Å². The van der Waals surface area contributed by atoms with Crippen LogP contribution in [0.2, 0.25) is 0 Å². The van der Waals surface area contributed by atoms with E-state index in [2.05, 4.69) is 10.6 Å². The highest BCUT2D eigenvalue weighted by atomic mass is 16.4. The van der Waals surface area contributed by atoms with Crippen molar-refractivity contribution in [2.75, 3.05) is 0 Å². The van der Waals surface area contributed by atoms with E-state index in [1.807, 2.05) is 60.7 Å². The molecule has 7 heteroatoms. The van der Waals surface area contributed by atoms with Gasteiger partial charge < -0.3 is 15.5 Å². The molecule has 7 nitrogen and oxygen atoms in total. The van der Waals surface area contributed by atoms with Crippen molar-refractivity contribution in [2.45, 2.75) is 44.3 Å². The molecule has 0 aromatic heterocycles. The van der Waals surface area contributed by atoms with E-state index in [1.54, 1.807) is 6.92 Å². The number of carboxylic acid groups (broad SMARTS) is 2. The maximum absolute atomic E-state index is 12.8. The van der Waals surface area contributed by atoms with Crippen LogP contribution in [-0.2, 0) is 27.2 Å². The number of hydrogen-bond acceptors (Lipinski definition) is 4. The van der Waals surface area contributed by atoms with Gasteiger partial charge in [-0.25, -0.2) is 0 Å². The molecule has 2 aromatic rings. The van der Waals surface area contributed by atoms with E-state index >= 15 is 0 Å². The van der Waals surface area contributed by atoms with Gasteiger partial charge in [0, 0.05) is 6.04 Å². The summed E-state index contributed by atoms with van der Waals surface area (Å²) in [6.07, 6.45) is 0.292. The highest BCUT2D eigenvalue weighted by Crippen LogP contribution is 2.09. The van der Waals surface area contributed by atoms with E-state index in [0.29, 0.717) is 0 Å². The van der Waals surface area contributed by atoms with E-state index < -0.39 is 36.0 Å². The molecule has 0 saturated heterocycles. The first-order chi connectivity index (χ1) is 13.8. The predicted octanol–water partition coefficient (Wildman–Crippen LogP) is 1.86. The number of carboxylic acids is 2. The maximum atomic E-state index is 12.8. The van der Waals surface area contributed by atoms with Crippen LogP contribution in [-0.4, -0.2) is 46.2 Å². The molecule has 0 aliphatic heterocycles. The Bertz CT molecular complexity index is 810. The molecular weight excluding hydrogens is 372 g/mol. The average molecular weight is 398 g/mol. The minimum atomic E-state index is -1.06. The van der Waals surface area contributed by atoms with E-state index in [0.717, 1.165) is 11.1 Å². The van der Waals surface area contributed by atoms with Crippen molar-refractivity contribution in [1.82, 2.24) is 10.6 Å². The molecule has 0 spiro atoms. The lowest BCUT2D eigenvalue weighted by atomic mass is 10.0. The minimum Gasteiger partial charge on any atom is -0.481 e. The molecule has 29 heavy (non-hydrogen) atoms. The smallest absolute Gasteiger partial charge is 0.321 e. The number of hydrogen-bond donors (Lipinski definition) is 4. The summed E-state index contributed by atoms with van der Waals surface area (Å²) >= 11 is 0. The molecule has 0 radical (unpaired) electrons. The standard InChI is InChI=1S/C22H26N2O5/c1-15(12-20(25)26)23-21(27)18(13-16-8-4-2-5-9-16)24-19(22(28)29)14-17-10-6-3-7-11-17/h2-11,15,18-19,24H,12-14H2,1H3,(H,23,27)(H,25,26)(H,28,29)/t15?,18-,19?/m0/s1. The van der Waals surface area contributed by atoms with Gasteiger partial charge in [0.25, 0.3) is 0 Å². The summed E-state index contributed by atoms with van der Waals surface area (Å²) in [5, 5.41) is 24.2. The quantitative estimate of drug-likeness (QED) is 0.459. The Kier molecular flexibility index (Phi) is 8.36. The summed E-state index contributed by atoms with van der Waals surface area (Å²) in [6.45, 7) is 1.60. The minimum absolute atomic E-state index is 0.212. The van der Waals surface area contributed by atoms with Crippen LogP contribution in [0.5, 0.6) is 0 Å². The molecule has 2 aromatic carbocycles. The van der Waals surface area contributed by atoms with Crippen molar-refractivity contribution in [2.24, 2.45) is 0 Å². The van der Waals surface area contributed by atoms with Gasteiger partial charge in [-0.15, -0.1) is 0 Å². The number of benzene rings is 2. The monoisotopic (exact) mass is 398 g/mol. The Morgan fingerprint density at radius 2 is 1.31 bits per heavy atom. The second-order valence-corrected chi connectivity index (χ2v) is 7.00. The third-order valence-electron chi connectivity index (χ3n) is 4.45. The van der Waals surface area contributed by atoms with Gasteiger partial charge in [-0.05, 0) is 30.9 Å². The van der Waals surface area contributed by atoms with E-state index in [9.17, 15) is 19.5 Å². The fourth-order valence-corrected chi connectivity index (χ4v) is 3.04. The first-order valence-corrected chi connectivity index (χ1v) is 9.44. The number of carbonyl (C=O) groups excluding carboxylic acids is 1. The molecule has 1 amide bonds. The van der Waals surface area contributed by atoms with Gasteiger partial charge in [0.05, 0.1) is 12.5 Å². The second kappa shape index (κ2) is 11.0. The summed E-state index contributed by atoms with van der Waals surface area (Å²) in [6, 6.07) is 16.1. The normalized spacial score (nSPS) is 13.8. The van der Waals surface area contributed by atoms with E-state index in [-0.39, 0.29) is 19.3 Å². The summed E-state index contributed by atoms with van der Waals surface area (Å²) < 4.78 is 0. The first-order valence-electron chi connectivity index (χ1n) is 9.44. The Balaban J connectivity index is 2.16. The zero-order chi connectivity index (χ0) is 21.2. The fourth-order valence-electron chi connectivity index (χ4n) is 3.04. The van der Waals surface area contributed by atoms with Gasteiger partial charge in [-0.1, -0.05) is 60.7 Å². The molecule has 0 aliphatic rings. The number of carbonyl (C=O) groups is 3. The molecule has 4 N–H and O–H groups in total. The van der Waals surface area contributed by atoms with Crippen LogP contribution in [0.3, 0.4) is 0 Å². The van der Waals surface area contributed by atoms with Gasteiger partial charge in [0.15, 0.2) is 0 Å². The van der Waals surface area contributed by atoms with Crippen LogP contribution in [0.4, 0.5) is 0 Å². The second-order valence-electron chi connectivity index (χ2n) is 7.00. The number of aliphatic carboxylic acids is 2. The van der Waals surface area contributed by atoms with Gasteiger partial charge in [0.1, 0.15) is 6.04 Å². The molecule has 0 heterocycles. The van der Waals surface area contributed by atoms with Crippen LogP contribution in [0, 0.1) is 0 Å². The first kappa shape index (κ1) is 22.1. The third kappa shape index (κ3) is 7.75. The largest absolute Gasteiger partial charge is 0.481 e. The summed E-state index contributed by atoms with van der Waals surface area (Å²) in [4.78, 5) is 35.5. The number of amides is 1. The summed E-state index contributed by atoms with van der Waals surface area (Å²) in [7, 11) is 0. The maximum Gasteiger partial charge on any atom is 0.321 e. The summed E-state index contributed by atoms with van der Waals surface area (Å²) in [5.74, 6) is -2.50. The van der Waals surface area contributed by atoms with Crippen LogP contribution in [0.15, 0.2) is 60.7 Å². The lowest BCUT2D eigenvalue weighted by molar-refractivity contribution is -0.140. The zero-order valence-corrected chi connectivity index (χ0v) is 16.2. The highest BCUT2D eigenvalue weighted by Gasteiger charge is 2.27. The Morgan fingerprint density at radius 1 is 0.828 bits per heavy atom. The Morgan fingerprint density at radius 3 is 1.76 bits per heavy atom. The topological polar surface area (TPSA) is 116 Å². The highest BCUT2D eigenvalue weighted by molar-refractivity contribution is 5.84. The summed E-state index contributed by atoms with van der Waals surface area (Å²) in [5.41, 5.74) is 1.71. The van der Waals surface area contributed by atoms with E-state index in [4.69, 9.17) is 5.11 Å². The molecule has 0 saturated carbocycles. The molecule has 0 fully saturated rings.